The molecule has 1 aliphatic carbocycles. The van der Waals surface area contributed by atoms with Crippen molar-refractivity contribution in [1.82, 2.24) is 10.2 Å². The molecule has 3 aromatic rings. The largest absolute Gasteiger partial charge is 0.352 e. The first-order chi connectivity index (χ1) is 20.0. The molecule has 0 aromatic heterocycles. The summed E-state index contributed by atoms with van der Waals surface area (Å²) in [5, 5.41) is 3.16. The summed E-state index contributed by atoms with van der Waals surface area (Å²) in [5.74, 6) is -0.620. The molecule has 3 aromatic carbocycles. The number of aryl methyl sites for hydroxylation is 4. The van der Waals surface area contributed by atoms with Crippen molar-refractivity contribution in [2.75, 3.05) is 10.8 Å². The van der Waals surface area contributed by atoms with Crippen LogP contribution in [0.25, 0.3) is 0 Å². The highest BCUT2D eigenvalue weighted by atomic mass is 32.2. The van der Waals surface area contributed by atoms with E-state index in [1.54, 1.807) is 35.2 Å². The second kappa shape index (κ2) is 13.6. The fourth-order valence-corrected chi connectivity index (χ4v) is 7.21. The van der Waals surface area contributed by atoms with Gasteiger partial charge >= 0.3 is 0 Å². The predicted octanol–water partition coefficient (Wildman–Crippen LogP) is 5.98. The summed E-state index contributed by atoms with van der Waals surface area (Å²) in [4.78, 5) is 29.6. The van der Waals surface area contributed by atoms with E-state index in [9.17, 15) is 18.0 Å². The maximum absolute atomic E-state index is 14.3. The smallest absolute Gasteiger partial charge is 0.264 e. The topological polar surface area (TPSA) is 86.8 Å². The van der Waals surface area contributed by atoms with E-state index in [0.29, 0.717) is 12.1 Å². The van der Waals surface area contributed by atoms with Crippen LogP contribution in [-0.2, 0) is 26.2 Å². The van der Waals surface area contributed by atoms with Gasteiger partial charge in [0.2, 0.25) is 11.8 Å². The second-order valence-electron chi connectivity index (χ2n) is 11.5. The van der Waals surface area contributed by atoms with Crippen molar-refractivity contribution < 1.29 is 18.0 Å². The van der Waals surface area contributed by atoms with Gasteiger partial charge in [-0.3, -0.25) is 13.9 Å². The van der Waals surface area contributed by atoms with Gasteiger partial charge in [0.05, 0.1) is 10.6 Å². The number of carbonyl (C=O) groups is 2. The maximum Gasteiger partial charge on any atom is 0.264 e. The Balaban J connectivity index is 1.74. The van der Waals surface area contributed by atoms with Crippen LogP contribution in [0.4, 0.5) is 5.69 Å². The summed E-state index contributed by atoms with van der Waals surface area (Å²) in [6, 6.07) is 19.3. The monoisotopic (exact) mass is 589 g/mol. The third-order valence-electron chi connectivity index (χ3n) is 8.03. The predicted molar refractivity (Wildman–Crippen MR) is 168 cm³/mol. The minimum absolute atomic E-state index is 0.107. The van der Waals surface area contributed by atoms with Gasteiger partial charge in [0.15, 0.2) is 0 Å². The molecule has 7 nitrogen and oxygen atoms in total. The van der Waals surface area contributed by atoms with Gasteiger partial charge in [0.25, 0.3) is 10.0 Å². The van der Waals surface area contributed by atoms with E-state index >= 15 is 0 Å². The molecule has 8 heteroatoms. The van der Waals surface area contributed by atoms with Crippen LogP contribution in [0, 0.1) is 27.7 Å². The zero-order valence-electron chi connectivity index (χ0n) is 25.4. The molecule has 0 saturated heterocycles. The Kier molecular flexibility index (Phi) is 10.1. The molecule has 224 valence electrons. The minimum Gasteiger partial charge on any atom is -0.352 e. The van der Waals surface area contributed by atoms with Gasteiger partial charge in [-0.15, -0.1) is 0 Å². The summed E-state index contributed by atoms with van der Waals surface area (Å²) in [7, 11) is -4.10. The first-order valence-electron chi connectivity index (χ1n) is 14.8. The highest BCUT2D eigenvalue weighted by Gasteiger charge is 2.35. The Hall–Kier alpha value is -3.65. The number of carbonyl (C=O) groups excluding carboxylic acids is 2. The number of nitrogens with zero attached hydrogens (tertiary/aromatic N) is 2. The van der Waals surface area contributed by atoms with Crippen molar-refractivity contribution in [3.63, 3.8) is 0 Å². The molecule has 1 fully saturated rings. The number of rotatable bonds is 11. The Morgan fingerprint density at radius 3 is 2.14 bits per heavy atom. The van der Waals surface area contributed by atoms with Crippen LogP contribution in [0.1, 0.15) is 66.8 Å². The second-order valence-corrected chi connectivity index (χ2v) is 13.4. The lowest BCUT2D eigenvalue weighted by Crippen LogP contribution is -2.53. The van der Waals surface area contributed by atoms with Crippen molar-refractivity contribution >= 4 is 27.5 Å². The molecule has 0 heterocycles. The molecule has 0 spiro atoms. The van der Waals surface area contributed by atoms with Crippen molar-refractivity contribution in [2.24, 2.45) is 0 Å². The number of sulfonamides is 1. The number of benzene rings is 3. The quantitative estimate of drug-likeness (QED) is 0.298. The number of hydrogen-bond donors (Lipinski definition) is 1. The zero-order valence-corrected chi connectivity index (χ0v) is 26.2. The molecule has 1 atom stereocenters. The van der Waals surface area contributed by atoms with Crippen LogP contribution in [-0.4, -0.2) is 43.8 Å². The van der Waals surface area contributed by atoms with Crippen LogP contribution in [0.15, 0.2) is 71.6 Å². The summed E-state index contributed by atoms with van der Waals surface area (Å²) in [6.45, 7) is 9.32. The third-order valence-corrected chi connectivity index (χ3v) is 9.81. The first-order valence-corrected chi connectivity index (χ1v) is 16.3. The molecule has 1 N–H and O–H groups in total. The summed E-state index contributed by atoms with van der Waals surface area (Å²) >= 11 is 0. The number of anilines is 1. The van der Waals surface area contributed by atoms with Crippen LogP contribution < -0.4 is 9.62 Å². The van der Waals surface area contributed by atoms with Gasteiger partial charge in [-0.2, -0.15) is 0 Å². The van der Waals surface area contributed by atoms with E-state index in [-0.39, 0.29) is 23.4 Å². The summed E-state index contributed by atoms with van der Waals surface area (Å²) in [6.07, 6.45) is 4.43. The highest BCUT2D eigenvalue weighted by Crippen LogP contribution is 2.29. The molecule has 1 aliphatic rings. The third kappa shape index (κ3) is 7.40. The SMILES string of the molecule is CCC(C(=O)NC1CCCC1)N(Cc1cccc(C)c1)C(=O)CN(c1ccc(C)cc1C)S(=O)(=O)c1ccc(C)cc1. The Labute approximate surface area is 251 Å². The van der Waals surface area contributed by atoms with Gasteiger partial charge in [-0.1, -0.05) is 85.0 Å². The van der Waals surface area contributed by atoms with E-state index < -0.39 is 28.5 Å². The van der Waals surface area contributed by atoms with Crippen LogP contribution in [0.2, 0.25) is 0 Å². The molecule has 0 aliphatic heterocycles. The van der Waals surface area contributed by atoms with E-state index in [4.69, 9.17) is 0 Å². The van der Waals surface area contributed by atoms with Crippen molar-refractivity contribution in [2.45, 2.75) is 90.2 Å². The Morgan fingerprint density at radius 1 is 0.881 bits per heavy atom. The van der Waals surface area contributed by atoms with E-state index in [1.165, 1.54) is 4.31 Å². The number of hydrogen-bond acceptors (Lipinski definition) is 4. The number of nitrogens with one attached hydrogen (secondary N) is 1. The summed E-state index contributed by atoms with van der Waals surface area (Å²) < 4.78 is 29.4. The zero-order chi connectivity index (χ0) is 30.4. The van der Waals surface area contributed by atoms with Crippen LogP contribution >= 0.6 is 0 Å². The molecule has 1 saturated carbocycles. The standard InChI is InChI=1S/C34H43N3O4S/c1-6-31(34(39)35-29-12-7-8-13-29)36(22-28-11-9-10-25(3)21-28)33(38)23-37(32-19-16-26(4)20-27(32)5)42(40,41)30-17-14-24(2)15-18-30/h9-11,14-21,29,31H,6-8,12-13,22-23H2,1-5H3,(H,35,39). The lowest BCUT2D eigenvalue weighted by atomic mass is 10.1. The Morgan fingerprint density at radius 2 is 1.52 bits per heavy atom. The molecule has 0 radical (unpaired) electrons. The maximum atomic E-state index is 14.3. The molecule has 2 amide bonds. The molecular weight excluding hydrogens is 546 g/mol. The molecule has 42 heavy (non-hydrogen) atoms. The van der Waals surface area contributed by atoms with Gasteiger partial charge in [-0.25, -0.2) is 8.42 Å². The first kappa shape index (κ1) is 31.3. The van der Waals surface area contributed by atoms with Crippen molar-refractivity contribution in [1.29, 1.82) is 0 Å². The fourth-order valence-electron chi connectivity index (χ4n) is 5.73. The average molecular weight is 590 g/mol. The minimum atomic E-state index is -4.10. The van der Waals surface area contributed by atoms with Gasteiger partial charge in [0, 0.05) is 12.6 Å². The molecule has 0 bridgehead atoms. The van der Waals surface area contributed by atoms with Gasteiger partial charge in [-0.05, 0) is 76.3 Å². The van der Waals surface area contributed by atoms with Gasteiger partial charge in [0.1, 0.15) is 12.6 Å². The molecule has 1 unspecified atom stereocenters. The normalized spacial score (nSPS) is 14.4. The van der Waals surface area contributed by atoms with E-state index in [0.717, 1.165) is 53.5 Å². The Bertz CT molecular complexity index is 1510. The van der Waals surface area contributed by atoms with Crippen LogP contribution in [0.5, 0.6) is 0 Å². The van der Waals surface area contributed by atoms with Crippen LogP contribution in [0.3, 0.4) is 0 Å². The summed E-state index contributed by atoms with van der Waals surface area (Å²) in [5.41, 5.74) is 5.04. The molecular formula is C34H43N3O4S. The number of amides is 2. The van der Waals surface area contributed by atoms with Gasteiger partial charge < -0.3 is 10.2 Å². The fraction of sp³-hybridized carbons (Fsp3) is 0.412. The average Bonchev–Trinajstić information content (AvgIpc) is 3.45. The van der Waals surface area contributed by atoms with E-state index in [2.05, 4.69) is 5.32 Å². The van der Waals surface area contributed by atoms with Crippen molar-refractivity contribution in [3.8, 4) is 0 Å². The lowest BCUT2D eigenvalue weighted by Gasteiger charge is -2.34. The van der Waals surface area contributed by atoms with Crippen molar-refractivity contribution in [3.05, 3.63) is 94.5 Å². The van der Waals surface area contributed by atoms with E-state index in [1.807, 2.05) is 71.0 Å². The lowest BCUT2D eigenvalue weighted by molar-refractivity contribution is -0.140. The highest BCUT2D eigenvalue weighted by molar-refractivity contribution is 7.92. The molecule has 4 rings (SSSR count).